The normalized spacial score (nSPS) is 16.7. The standard InChI is InChI=1S/C25H29ClN4O4S/c1-2-34-20-6-8-21(9-7-20)35(32,33)30-15-3-4-18(17-30)25(31)29-14-13-28-23-11-12-27-24-16-19(26)5-10-22(23)24/h5-12,16,18H,2-4,13-15,17H2,1H3,(H,27,28)(H,29,31). The van der Waals surface area contributed by atoms with Crippen LogP contribution in [0, 0.1) is 5.92 Å². The lowest BCUT2D eigenvalue weighted by molar-refractivity contribution is -0.125. The minimum absolute atomic E-state index is 0.134. The summed E-state index contributed by atoms with van der Waals surface area (Å²) in [6, 6.07) is 13.8. The van der Waals surface area contributed by atoms with Gasteiger partial charge in [0.2, 0.25) is 15.9 Å². The number of piperidine rings is 1. The number of benzene rings is 2. The number of fused-ring (bicyclic) bond motifs is 1. The first-order valence-corrected chi connectivity index (χ1v) is 13.5. The molecule has 3 aromatic rings. The van der Waals surface area contributed by atoms with Crippen LogP contribution in [0.3, 0.4) is 0 Å². The number of sulfonamides is 1. The van der Waals surface area contributed by atoms with Crippen LogP contribution in [-0.2, 0) is 14.8 Å². The summed E-state index contributed by atoms with van der Waals surface area (Å²) >= 11 is 6.04. The fourth-order valence-electron chi connectivity index (χ4n) is 4.20. The topological polar surface area (TPSA) is 101 Å². The fraction of sp³-hybridized carbons (Fsp3) is 0.360. The first kappa shape index (κ1) is 25.2. The Bertz CT molecular complexity index is 1280. The molecule has 1 aromatic heterocycles. The molecule has 0 radical (unpaired) electrons. The zero-order chi connectivity index (χ0) is 24.8. The molecule has 10 heteroatoms. The van der Waals surface area contributed by atoms with Gasteiger partial charge in [-0.15, -0.1) is 0 Å². The quantitative estimate of drug-likeness (QED) is 0.418. The summed E-state index contributed by atoms with van der Waals surface area (Å²) in [4.78, 5) is 17.3. The molecule has 0 bridgehead atoms. The predicted octanol–water partition coefficient (Wildman–Crippen LogP) is 3.92. The average molecular weight is 517 g/mol. The second kappa shape index (κ2) is 11.2. The molecule has 0 aliphatic carbocycles. The third-order valence-corrected chi connectivity index (χ3v) is 8.09. The highest BCUT2D eigenvalue weighted by molar-refractivity contribution is 7.89. The molecule has 0 spiro atoms. The molecule has 8 nitrogen and oxygen atoms in total. The molecule has 0 saturated carbocycles. The van der Waals surface area contributed by atoms with Crippen LogP contribution < -0.4 is 15.4 Å². The highest BCUT2D eigenvalue weighted by Gasteiger charge is 2.33. The van der Waals surface area contributed by atoms with E-state index < -0.39 is 10.0 Å². The molecule has 2 heterocycles. The van der Waals surface area contributed by atoms with Crippen LogP contribution in [0.2, 0.25) is 5.02 Å². The SMILES string of the molecule is CCOc1ccc(S(=O)(=O)N2CCCC(C(=O)NCCNc3ccnc4cc(Cl)ccc34)C2)cc1. The van der Waals surface area contributed by atoms with Crippen molar-refractivity contribution in [3.63, 3.8) is 0 Å². The van der Waals surface area contributed by atoms with Gasteiger partial charge in [-0.25, -0.2) is 8.42 Å². The fourth-order valence-corrected chi connectivity index (χ4v) is 5.89. The van der Waals surface area contributed by atoms with Crippen molar-refractivity contribution in [3.05, 3.63) is 59.8 Å². The van der Waals surface area contributed by atoms with Gasteiger partial charge in [0.05, 0.1) is 22.9 Å². The molecule has 4 rings (SSSR count). The third-order valence-electron chi connectivity index (χ3n) is 5.97. The number of nitrogens with one attached hydrogen (secondary N) is 2. The Kier molecular flexibility index (Phi) is 8.10. The van der Waals surface area contributed by atoms with Gasteiger partial charge in [0.25, 0.3) is 0 Å². The molecular formula is C25H29ClN4O4S. The number of ether oxygens (including phenoxy) is 1. The summed E-state index contributed by atoms with van der Waals surface area (Å²) in [5.74, 6) is 0.106. The molecular weight excluding hydrogens is 488 g/mol. The Morgan fingerprint density at radius 2 is 1.97 bits per heavy atom. The van der Waals surface area contributed by atoms with Crippen LogP contribution in [0.1, 0.15) is 19.8 Å². The van der Waals surface area contributed by atoms with Crippen LogP contribution in [0.4, 0.5) is 5.69 Å². The number of aromatic nitrogens is 1. The number of hydrogen-bond donors (Lipinski definition) is 2. The minimum Gasteiger partial charge on any atom is -0.494 e. The number of pyridine rings is 1. The Hall–Kier alpha value is -2.88. The van der Waals surface area contributed by atoms with Gasteiger partial charge in [-0.1, -0.05) is 11.6 Å². The summed E-state index contributed by atoms with van der Waals surface area (Å²) in [5, 5.41) is 7.83. The van der Waals surface area contributed by atoms with E-state index in [0.29, 0.717) is 49.9 Å². The van der Waals surface area contributed by atoms with E-state index in [1.165, 1.54) is 4.31 Å². The number of halogens is 1. The van der Waals surface area contributed by atoms with Crippen molar-refractivity contribution < 1.29 is 17.9 Å². The van der Waals surface area contributed by atoms with Crippen LogP contribution in [0.25, 0.3) is 10.9 Å². The molecule has 1 amide bonds. The van der Waals surface area contributed by atoms with Gasteiger partial charge in [-0.2, -0.15) is 4.31 Å². The number of nitrogens with zero attached hydrogens (tertiary/aromatic N) is 2. The summed E-state index contributed by atoms with van der Waals surface area (Å²) in [6.45, 7) is 3.90. The minimum atomic E-state index is -3.68. The van der Waals surface area contributed by atoms with Crippen molar-refractivity contribution in [2.75, 3.05) is 38.1 Å². The lowest BCUT2D eigenvalue weighted by Crippen LogP contribution is -2.46. The van der Waals surface area contributed by atoms with E-state index in [9.17, 15) is 13.2 Å². The Morgan fingerprint density at radius 3 is 2.74 bits per heavy atom. The molecule has 1 atom stereocenters. The van der Waals surface area contributed by atoms with Gasteiger partial charge in [0.1, 0.15) is 5.75 Å². The molecule has 186 valence electrons. The van der Waals surface area contributed by atoms with Gasteiger partial charge >= 0.3 is 0 Å². The van der Waals surface area contributed by atoms with E-state index in [1.54, 1.807) is 36.5 Å². The zero-order valence-electron chi connectivity index (χ0n) is 19.5. The summed E-state index contributed by atoms with van der Waals surface area (Å²) in [7, 11) is -3.68. The van der Waals surface area contributed by atoms with Crippen LogP contribution >= 0.6 is 11.6 Å². The van der Waals surface area contributed by atoms with Crippen molar-refractivity contribution in [2.24, 2.45) is 5.92 Å². The predicted molar refractivity (Wildman–Crippen MR) is 137 cm³/mol. The van der Waals surface area contributed by atoms with Gasteiger partial charge < -0.3 is 15.4 Å². The Balaban J connectivity index is 1.31. The van der Waals surface area contributed by atoms with E-state index in [1.807, 2.05) is 25.1 Å². The molecule has 1 saturated heterocycles. The number of rotatable bonds is 9. The van der Waals surface area contributed by atoms with Crippen molar-refractivity contribution in [1.29, 1.82) is 0 Å². The third kappa shape index (κ3) is 6.04. The molecule has 1 fully saturated rings. The smallest absolute Gasteiger partial charge is 0.243 e. The Labute approximate surface area is 210 Å². The first-order chi connectivity index (χ1) is 16.9. The van der Waals surface area contributed by atoms with Crippen LogP contribution in [0.5, 0.6) is 5.75 Å². The first-order valence-electron chi connectivity index (χ1n) is 11.7. The van der Waals surface area contributed by atoms with Crippen molar-refractivity contribution in [1.82, 2.24) is 14.6 Å². The number of carbonyl (C=O) groups excluding carboxylic acids is 1. The monoisotopic (exact) mass is 516 g/mol. The molecule has 1 unspecified atom stereocenters. The van der Waals surface area contributed by atoms with E-state index in [4.69, 9.17) is 16.3 Å². The molecule has 1 aliphatic rings. The Morgan fingerprint density at radius 1 is 1.17 bits per heavy atom. The molecule has 1 aliphatic heterocycles. The lowest BCUT2D eigenvalue weighted by Gasteiger charge is -2.31. The number of hydrogen-bond acceptors (Lipinski definition) is 6. The summed E-state index contributed by atoms with van der Waals surface area (Å²) in [6.07, 6.45) is 3.00. The van der Waals surface area contributed by atoms with E-state index in [0.717, 1.165) is 16.6 Å². The number of anilines is 1. The van der Waals surface area contributed by atoms with Crippen molar-refractivity contribution >= 4 is 44.1 Å². The summed E-state index contributed by atoms with van der Waals surface area (Å²) < 4.78 is 33.0. The van der Waals surface area contributed by atoms with Crippen LogP contribution in [0.15, 0.2) is 59.6 Å². The van der Waals surface area contributed by atoms with E-state index in [-0.39, 0.29) is 23.3 Å². The maximum Gasteiger partial charge on any atom is 0.243 e. The summed E-state index contributed by atoms with van der Waals surface area (Å²) in [5.41, 5.74) is 1.70. The average Bonchev–Trinajstić information content (AvgIpc) is 2.87. The maximum atomic E-state index is 13.1. The largest absolute Gasteiger partial charge is 0.494 e. The number of carbonyl (C=O) groups is 1. The highest BCUT2D eigenvalue weighted by atomic mass is 35.5. The van der Waals surface area contributed by atoms with Crippen molar-refractivity contribution in [2.45, 2.75) is 24.7 Å². The lowest BCUT2D eigenvalue weighted by atomic mass is 9.99. The van der Waals surface area contributed by atoms with Gasteiger partial charge in [-0.05, 0) is 68.3 Å². The molecule has 35 heavy (non-hydrogen) atoms. The molecule has 2 aromatic carbocycles. The molecule has 2 N–H and O–H groups in total. The van der Waals surface area contributed by atoms with E-state index in [2.05, 4.69) is 15.6 Å². The number of amides is 1. The zero-order valence-corrected chi connectivity index (χ0v) is 21.1. The maximum absolute atomic E-state index is 13.1. The van der Waals surface area contributed by atoms with Gasteiger partial charge in [0, 0.05) is 48.5 Å². The second-order valence-electron chi connectivity index (χ2n) is 8.34. The van der Waals surface area contributed by atoms with E-state index >= 15 is 0 Å². The van der Waals surface area contributed by atoms with Crippen molar-refractivity contribution in [3.8, 4) is 5.75 Å². The highest BCUT2D eigenvalue weighted by Crippen LogP contribution is 2.26. The van der Waals surface area contributed by atoms with Gasteiger partial charge in [-0.3, -0.25) is 9.78 Å². The second-order valence-corrected chi connectivity index (χ2v) is 10.7. The van der Waals surface area contributed by atoms with Gasteiger partial charge in [0.15, 0.2) is 0 Å². The van der Waals surface area contributed by atoms with Crippen LogP contribution in [-0.4, -0.2) is 56.4 Å².